The molecule has 0 saturated heterocycles. The molecular formula is C34H38N4O4. The van der Waals surface area contributed by atoms with E-state index in [4.69, 9.17) is 10.5 Å². The monoisotopic (exact) mass is 566 g/mol. The Kier molecular flexibility index (Phi) is 10.6. The van der Waals surface area contributed by atoms with Crippen LogP contribution in [0.2, 0.25) is 0 Å². The number of para-hydroxylation sites is 1. The molecule has 0 unspecified atom stereocenters. The fourth-order valence-electron chi connectivity index (χ4n) is 4.82. The highest BCUT2D eigenvalue weighted by Gasteiger charge is 2.22. The summed E-state index contributed by atoms with van der Waals surface area (Å²) in [4.78, 5) is 45.4. The fraction of sp³-hybridized carbons (Fsp3) is 0.294. The number of benzene rings is 3. The molecule has 3 aromatic rings. The summed E-state index contributed by atoms with van der Waals surface area (Å²) in [5.74, 6) is 0.795. The van der Waals surface area contributed by atoms with Gasteiger partial charge in [-0.2, -0.15) is 0 Å². The van der Waals surface area contributed by atoms with E-state index in [0.717, 1.165) is 17.7 Å². The van der Waals surface area contributed by atoms with Crippen molar-refractivity contribution < 1.29 is 19.1 Å². The van der Waals surface area contributed by atoms with Gasteiger partial charge in [-0.1, -0.05) is 31.2 Å². The molecule has 8 heteroatoms. The first kappa shape index (κ1) is 30.2. The lowest BCUT2D eigenvalue weighted by Gasteiger charge is -2.23. The molecule has 4 rings (SSSR count). The van der Waals surface area contributed by atoms with Gasteiger partial charge in [0.1, 0.15) is 11.6 Å². The largest absolute Gasteiger partial charge is 0.494 e. The zero-order valence-corrected chi connectivity index (χ0v) is 24.3. The Bertz CT molecular complexity index is 1460. The summed E-state index contributed by atoms with van der Waals surface area (Å²) in [5.41, 5.74) is 9.87. The third-order valence-corrected chi connectivity index (χ3v) is 6.91. The summed E-state index contributed by atoms with van der Waals surface area (Å²) in [6, 6.07) is 21.6. The van der Waals surface area contributed by atoms with Gasteiger partial charge in [0.2, 0.25) is 5.91 Å². The number of amides is 2. The third-order valence-electron chi connectivity index (χ3n) is 6.91. The molecule has 2 amide bonds. The van der Waals surface area contributed by atoms with E-state index in [1.54, 1.807) is 30.3 Å². The maximum absolute atomic E-state index is 13.6. The zero-order valence-electron chi connectivity index (χ0n) is 24.3. The van der Waals surface area contributed by atoms with E-state index in [1.165, 1.54) is 0 Å². The summed E-state index contributed by atoms with van der Waals surface area (Å²) in [5, 5.41) is 2.87. The number of amidine groups is 1. The minimum Gasteiger partial charge on any atom is -0.494 e. The first-order chi connectivity index (χ1) is 20.4. The Morgan fingerprint density at radius 2 is 1.67 bits per heavy atom. The van der Waals surface area contributed by atoms with Crippen LogP contribution in [0.1, 0.15) is 72.2 Å². The van der Waals surface area contributed by atoms with Crippen LogP contribution in [-0.4, -0.2) is 48.0 Å². The number of carbonyl (C=O) groups is 3. The van der Waals surface area contributed by atoms with Crippen LogP contribution in [0.3, 0.4) is 0 Å². The van der Waals surface area contributed by atoms with Gasteiger partial charge < -0.3 is 20.7 Å². The van der Waals surface area contributed by atoms with E-state index in [-0.39, 0.29) is 24.0 Å². The number of anilines is 1. The van der Waals surface area contributed by atoms with Crippen LogP contribution in [0.25, 0.3) is 6.08 Å². The van der Waals surface area contributed by atoms with Gasteiger partial charge in [0.05, 0.1) is 12.3 Å². The van der Waals surface area contributed by atoms with Gasteiger partial charge in [0, 0.05) is 53.9 Å². The van der Waals surface area contributed by atoms with E-state index in [9.17, 15) is 14.4 Å². The number of unbranched alkanes of at least 4 members (excludes halogenated alkanes) is 1. The number of fused-ring (bicyclic) bond motifs is 1. The topological polar surface area (TPSA) is 114 Å². The summed E-state index contributed by atoms with van der Waals surface area (Å²) in [7, 11) is 0. The van der Waals surface area contributed by atoms with Crippen LogP contribution in [-0.2, 0) is 4.79 Å². The lowest BCUT2D eigenvalue weighted by Crippen LogP contribution is -2.34. The molecule has 0 spiro atoms. The Morgan fingerprint density at radius 3 is 2.38 bits per heavy atom. The maximum atomic E-state index is 13.6. The Morgan fingerprint density at radius 1 is 0.929 bits per heavy atom. The molecule has 3 aromatic carbocycles. The molecule has 1 aliphatic rings. The van der Waals surface area contributed by atoms with Gasteiger partial charge in [-0.05, 0) is 80.8 Å². The Labute approximate surface area is 247 Å². The number of hydrogen-bond acceptors (Lipinski definition) is 6. The minimum absolute atomic E-state index is 0.0790. The molecule has 8 nitrogen and oxygen atoms in total. The maximum Gasteiger partial charge on any atom is 0.255 e. The highest BCUT2D eigenvalue weighted by atomic mass is 16.5. The second-order valence-corrected chi connectivity index (χ2v) is 10.2. The smallest absolute Gasteiger partial charge is 0.255 e. The van der Waals surface area contributed by atoms with E-state index in [2.05, 4.69) is 10.3 Å². The van der Waals surface area contributed by atoms with Gasteiger partial charge >= 0.3 is 0 Å². The minimum atomic E-state index is -0.252. The van der Waals surface area contributed by atoms with Crippen molar-refractivity contribution in [1.82, 2.24) is 4.90 Å². The number of carbonyl (C=O) groups excluding carboxylic acids is 3. The third kappa shape index (κ3) is 8.16. The lowest BCUT2D eigenvalue weighted by atomic mass is 10.0. The second kappa shape index (κ2) is 14.8. The average Bonchev–Trinajstić information content (AvgIpc) is 3.16. The summed E-state index contributed by atoms with van der Waals surface area (Å²) in [6.45, 7) is 5.68. The molecule has 0 bridgehead atoms. The van der Waals surface area contributed by atoms with Crippen LogP contribution in [0.5, 0.6) is 5.75 Å². The first-order valence-corrected chi connectivity index (χ1v) is 14.5. The van der Waals surface area contributed by atoms with Crippen molar-refractivity contribution in [3.63, 3.8) is 0 Å². The van der Waals surface area contributed by atoms with Crippen LogP contribution in [0.15, 0.2) is 83.4 Å². The van der Waals surface area contributed by atoms with Crippen molar-refractivity contribution in [2.24, 2.45) is 10.7 Å². The lowest BCUT2D eigenvalue weighted by molar-refractivity contribution is -0.127. The normalized spacial score (nSPS) is 12.3. The highest BCUT2D eigenvalue weighted by Crippen LogP contribution is 2.29. The second-order valence-electron chi connectivity index (χ2n) is 10.2. The summed E-state index contributed by atoms with van der Waals surface area (Å²) in [6.07, 6.45) is 4.65. The molecule has 0 aliphatic carbocycles. The first-order valence-electron chi connectivity index (χ1n) is 14.5. The van der Waals surface area contributed by atoms with Gasteiger partial charge in [0.25, 0.3) is 5.91 Å². The molecule has 0 radical (unpaired) electrons. The van der Waals surface area contributed by atoms with Crippen molar-refractivity contribution in [2.45, 2.75) is 46.0 Å². The number of nitrogens with one attached hydrogen (secondary N) is 1. The number of ether oxygens (including phenoxy) is 1. The van der Waals surface area contributed by atoms with Crippen molar-refractivity contribution in [3.05, 3.63) is 95.1 Å². The van der Waals surface area contributed by atoms with Gasteiger partial charge in [-0.25, -0.2) is 4.99 Å². The average molecular weight is 567 g/mol. The SMILES string of the molecule is CCCN(CCCCC(=O)c1ccc(OCC)cc1)C(=O)C1=Cc2ccc(C(=O)Nc3ccccc3)cc2N=C(N)C1. The number of rotatable bonds is 13. The van der Waals surface area contributed by atoms with Crippen LogP contribution in [0, 0.1) is 0 Å². The highest BCUT2D eigenvalue weighted by molar-refractivity contribution is 6.08. The molecular weight excluding hydrogens is 528 g/mol. The molecule has 0 saturated carbocycles. The van der Waals surface area contributed by atoms with Crippen molar-refractivity contribution in [3.8, 4) is 5.75 Å². The number of nitrogens with zero attached hydrogens (tertiary/aromatic N) is 2. The molecule has 42 heavy (non-hydrogen) atoms. The van der Waals surface area contributed by atoms with Crippen LogP contribution >= 0.6 is 0 Å². The quantitative estimate of drug-likeness (QED) is 0.183. The molecule has 218 valence electrons. The van der Waals surface area contributed by atoms with Gasteiger partial charge in [0.15, 0.2) is 5.78 Å². The zero-order chi connectivity index (χ0) is 29.9. The van der Waals surface area contributed by atoms with E-state index in [0.29, 0.717) is 72.9 Å². The Hall–Kier alpha value is -4.72. The number of hydrogen-bond donors (Lipinski definition) is 2. The van der Waals surface area contributed by atoms with E-state index < -0.39 is 0 Å². The van der Waals surface area contributed by atoms with Crippen molar-refractivity contribution in [2.75, 3.05) is 25.0 Å². The fourth-order valence-corrected chi connectivity index (χ4v) is 4.82. The van der Waals surface area contributed by atoms with E-state index in [1.807, 2.05) is 67.3 Å². The van der Waals surface area contributed by atoms with Crippen molar-refractivity contribution >= 4 is 40.9 Å². The summed E-state index contributed by atoms with van der Waals surface area (Å²) >= 11 is 0. The summed E-state index contributed by atoms with van der Waals surface area (Å²) < 4.78 is 5.44. The predicted octanol–water partition coefficient (Wildman–Crippen LogP) is 6.41. The van der Waals surface area contributed by atoms with E-state index >= 15 is 0 Å². The van der Waals surface area contributed by atoms with Crippen LogP contribution in [0.4, 0.5) is 11.4 Å². The predicted molar refractivity (Wildman–Crippen MR) is 167 cm³/mol. The Balaban J connectivity index is 1.39. The number of ketones is 1. The molecule has 1 aliphatic heterocycles. The number of Topliss-reactive ketones (excluding diaryl/α,β-unsaturated/α-hetero) is 1. The number of aliphatic imine (C=N–C) groups is 1. The molecule has 3 N–H and O–H groups in total. The molecule has 1 heterocycles. The molecule has 0 atom stereocenters. The van der Waals surface area contributed by atoms with Crippen LogP contribution < -0.4 is 15.8 Å². The van der Waals surface area contributed by atoms with Crippen molar-refractivity contribution in [1.29, 1.82) is 0 Å². The van der Waals surface area contributed by atoms with Gasteiger partial charge in [-0.3, -0.25) is 14.4 Å². The standard InChI is InChI=1S/C34H38N4O4/c1-3-19-38(20-9-8-12-31(39)24-15-17-29(18-16-24)42-4-2)34(41)27-21-25-13-14-26(22-30(25)37-32(35)23-27)33(40)36-28-10-6-5-7-11-28/h5-7,10-11,13-18,21-22H,3-4,8-9,12,19-20,23H2,1-2H3,(H2,35,37)(H,36,40). The molecule has 0 fully saturated rings. The molecule has 0 aromatic heterocycles. The number of nitrogens with two attached hydrogens (primary N) is 1. The van der Waals surface area contributed by atoms with Gasteiger partial charge in [-0.15, -0.1) is 0 Å².